The molecule has 31 heavy (non-hydrogen) atoms. The molecule has 3 rings (SSSR count). The number of benzene rings is 2. The summed E-state index contributed by atoms with van der Waals surface area (Å²) in [6.07, 6.45) is 1.13. The van der Waals surface area contributed by atoms with Crippen molar-refractivity contribution >= 4 is 29.3 Å². The predicted molar refractivity (Wildman–Crippen MR) is 111 cm³/mol. The van der Waals surface area contributed by atoms with Crippen LogP contribution < -0.4 is 0 Å². The zero-order valence-electron chi connectivity index (χ0n) is 16.4. The molecule has 0 bridgehead atoms. The van der Waals surface area contributed by atoms with Crippen molar-refractivity contribution in [3.05, 3.63) is 93.7 Å². The van der Waals surface area contributed by atoms with Crippen molar-refractivity contribution in [1.29, 1.82) is 0 Å². The second-order valence-corrected chi connectivity index (χ2v) is 6.28. The number of para-hydroxylation sites is 1. The number of esters is 1. The van der Waals surface area contributed by atoms with E-state index in [1.165, 1.54) is 42.5 Å². The van der Waals surface area contributed by atoms with Crippen LogP contribution in [0, 0.1) is 10.1 Å². The number of ether oxygens (including phenoxy) is 1. The number of rotatable bonds is 8. The zero-order valence-corrected chi connectivity index (χ0v) is 16.4. The molecule has 1 aromatic heterocycles. The number of nitro benzene ring substituents is 1. The summed E-state index contributed by atoms with van der Waals surface area (Å²) in [4.78, 5) is 48.2. The molecular formula is C23H17NO7. The maximum Gasteiger partial charge on any atom is 0.379 e. The van der Waals surface area contributed by atoms with Gasteiger partial charge in [0.1, 0.15) is 11.5 Å². The molecule has 0 saturated heterocycles. The maximum absolute atomic E-state index is 12.9. The normalized spacial score (nSPS) is 11.1. The Morgan fingerprint density at radius 1 is 1.00 bits per heavy atom. The molecule has 2 aromatic carbocycles. The van der Waals surface area contributed by atoms with E-state index in [1.54, 1.807) is 31.2 Å². The third-order valence-electron chi connectivity index (χ3n) is 4.27. The molecule has 0 aliphatic rings. The summed E-state index contributed by atoms with van der Waals surface area (Å²) in [6, 6.07) is 16.9. The summed E-state index contributed by atoms with van der Waals surface area (Å²) in [5.41, 5.74) is -0.152. The van der Waals surface area contributed by atoms with Gasteiger partial charge in [0.05, 0.1) is 22.7 Å². The van der Waals surface area contributed by atoms with Gasteiger partial charge in [0.2, 0.25) is 0 Å². The number of hydrogen-bond acceptors (Lipinski definition) is 7. The van der Waals surface area contributed by atoms with Crippen LogP contribution in [-0.4, -0.2) is 29.1 Å². The summed E-state index contributed by atoms with van der Waals surface area (Å²) in [7, 11) is 0. The van der Waals surface area contributed by atoms with Gasteiger partial charge in [0.25, 0.3) is 11.5 Å². The van der Waals surface area contributed by atoms with Crippen LogP contribution in [0.25, 0.3) is 17.4 Å². The average Bonchev–Trinajstić information content (AvgIpc) is 3.26. The lowest BCUT2D eigenvalue weighted by Gasteiger charge is -2.05. The van der Waals surface area contributed by atoms with Crippen LogP contribution in [0.2, 0.25) is 0 Å². The summed E-state index contributed by atoms with van der Waals surface area (Å²) >= 11 is 0. The van der Waals surface area contributed by atoms with Crippen molar-refractivity contribution in [2.24, 2.45) is 0 Å². The third-order valence-corrected chi connectivity index (χ3v) is 4.27. The number of hydrogen-bond donors (Lipinski definition) is 0. The SMILES string of the molecule is CCOC(=O)C(=O)C(=Cc1ccc(-c2ccccc2[N+](=O)[O-])o1)C(=O)c1ccccc1. The molecule has 1 heterocycles. The van der Waals surface area contributed by atoms with Gasteiger partial charge in [0, 0.05) is 11.6 Å². The van der Waals surface area contributed by atoms with Crippen LogP contribution in [0.5, 0.6) is 0 Å². The van der Waals surface area contributed by atoms with Crippen molar-refractivity contribution in [3.63, 3.8) is 0 Å². The number of carbonyl (C=O) groups excluding carboxylic acids is 3. The van der Waals surface area contributed by atoms with Gasteiger partial charge in [0.15, 0.2) is 5.78 Å². The van der Waals surface area contributed by atoms with Crippen molar-refractivity contribution in [2.75, 3.05) is 6.61 Å². The minimum absolute atomic E-state index is 0.0278. The maximum atomic E-state index is 12.9. The van der Waals surface area contributed by atoms with Crippen molar-refractivity contribution < 1.29 is 28.5 Å². The van der Waals surface area contributed by atoms with E-state index in [9.17, 15) is 24.5 Å². The molecule has 0 fully saturated rings. The molecule has 0 spiro atoms. The van der Waals surface area contributed by atoms with Gasteiger partial charge in [-0.2, -0.15) is 0 Å². The molecular weight excluding hydrogens is 402 g/mol. The van der Waals surface area contributed by atoms with Crippen LogP contribution in [0.3, 0.4) is 0 Å². The lowest BCUT2D eigenvalue weighted by Crippen LogP contribution is -2.24. The zero-order chi connectivity index (χ0) is 22.4. The number of ketones is 2. The van der Waals surface area contributed by atoms with Gasteiger partial charge in [-0.25, -0.2) is 4.79 Å². The first-order valence-corrected chi connectivity index (χ1v) is 9.29. The fraction of sp³-hybridized carbons (Fsp3) is 0.0870. The number of furan rings is 1. The van der Waals surface area contributed by atoms with Crippen LogP contribution in [0.4, 0.5) is 5.69 Å². The lowest BCUT2D eigenvalue weighted by molar-refractivity contribution is -0.384. The minimum Gasteiger partial charge on any atom is -0.460 e. The highest BCUT2D eigenvalue weighted by Gasteiger charge is 2.27. The Hall–Kier alpha value is -4.33. The van der Waals surface area contributed by atoms with E-state index in [1.807, 2.05) is 0 Å². The van der Waals surface area contributed by atoms with E-state index in [-0.39, 0.29) is 34.9 Å². The Bertz CT molecular complexity index is 1180. The molecule has 0 radical (unpaired) electrons. The van der Waals surface area contributed by atoms with Gasteiger partial charge in [-0.1, -0.05) is 42.5 Å². The van der Waals surface area contributed by atoms with Gasteiger partial charge in [-0.15, -0.1) is 0 Å². The van der Waals surface area contributed by atoms with E-state index >= 15 is 0 Å². The first-order valence-electron chi connectivity index (χ1n) is 9.29. The Kier molecular flexibility index (Phi) is 6.51. The summed E-state index contributed by atoms with van der Waals surface area (Å²) in [5, 5.41) is 11.3. The number of nitro groups is 1. The molecule has 8 heteroatoms. The second-order valence-electron chi connectivity index (χ2n) is 6.28. The highest BCUT2D eigenvalue weighted by molar-refractivity contribution is 6.50. The van der Waals surface area contributed by atoms with Crippen LogP contribution in [0.15, 0.2) is 76.7 Å². The molecule has 0 amide bonds. The standard InChI is InChI=1S/C23H17NO7/c1-2-30-23(27)22(26)18(21(25)15-8-4-3-5-9-15)14-16-12-13-20(31-16)17-10-6-7-11-19(17)24(28)29/h3-14H,2H2,1H3. The summed E-state index contributed by atoms with van der Waals surface area (Å²) < 4.78 is 10.4. The molecule has 3 aromatic rings. The molecule has 0 aliphatic carbocycles. The van der Waals surface area contributed by atoms with E-state index in [4.69, 9.17) is 9.15 Å². The van der Waals surface area contributed by atoms with E-state index in [0.29, 0.717) is 0 Å². The fourth-order valence-electron chi connectivity index (χ4n) is 2.84. The Morgan fingerprint density at radius 3 is 2.35 bits per heavy atom. The van der Waals surface area contributed by atoms with Crippen LogP contribution >= 0.6 is 0 Å². The fourth-order valence-corrected chi connectivity index (χ4v) is 2.84. The molecule has 0 N–H and O–H groups in total. The van der Waals surface area contributed by atoms with Gasteiger partial charge < -0.3 is 9.15 Å². The highest BCUT2D eigenvalue weighted by Crippen LogP contribution is 2.31. The highest BCUT2D eigenvalue weighted by atomic mass is 16.6. The quantitative estimate of drug-likeness (QED) is 0.0783. The minimum atomic E-state index is -1.16. The first-order chi connectivity index (χ1) is 14.9. The van der Waals surface area contributed by atoms with E-state index in [0.717, 1.165) is 6.08 Å². The van der Waals surface area contributed by atoms with Crippen molar-refractivity contribution in [2.45, 2.75) is 6.92 Å². The number of carbonyl (C=O) groups is 3. The van der Waals surface area contributed by atoms with Crippen LogP contribution in [-0.2, 0) is 14.3 Å². The largest absolute Gasteiger partial charge is 0.460 e. The number of Topliss-reactive ketones (excluding diaryl/α,β-unsaturated/α-hetero) is 2. The van der Waals surface area contributed by atoms with Crippen molar-refractivity contribution in [3.8, 4) is 11.3 Å². The van der Waals surface area contributed by atoms with Gasteiger partial charge in [-0.05, 0) is 31.2 Å². The molecule has 8 nitrogen and oxygen atoms in total. The monoisotopic (exact) mass is 419 g/mol. The number of nitrogens with zero attached hydrogens (tertiary/aromatic N) is 1. The molecule has 0 unspecified atom stereocenters. The summed E-state index contributed by atoms with van der Waals surface area (Å²) in [6.45, 7) is 1.51. The molecule has 156 valence electrons. The van der Waals surface area contributed by atoms with Gasteiger partial charge >= 0.3 is 5.97 Å². The Balaban J connectivity index is 2.04. The van der Waals surface area contributed by atoms with E-state index < -0.39 is 28.0 Å². The van der Waals surface area contributed by atoms with Crippen LogP contribution in [0.1, 0.15) is 23.0 Å². The second kappa shape index (κ2) is 9.45. The Labute approximate surface area is 176 Å². The summed E-state index contributed by atoms with van der Waals surface area (Å²) in [5.74, 6) is -2.70. The first kappa shape index (κ1) is 21.4. The van der Waals surface area contributed by atoms with Gasteiger partial charge in [-0.3, -0.25) is 19.7 Å². The molecule has 0 atom stereocenters. The average molecular weight is 419 g/mol. The lowest BCUT2D eigenvalue weighted by atomic mass is 9.99. The smallest absolute Gasteiger partial charge is 0.379 e. The topological polar surface area (TPSA) is 117 Å². The van der Waals surface area contributed by atoms with Crippen molar-refractivity contribution in [1.82, 2.24) is 0 Å². The molecule has 0 aliphatic heterocycles. The van der Waals surface area contributed by atoms with E-state index in [2.05, 4.69) is 0 Å². The predicted octanol–water partition coefficient (Wildman–Crippen LogP) is 4.25. The molecule has 0 saturated carbocycles. The Morgan fingerprint density at radius 2 is 1.68 bits per heavy atom. The third kappa shape index (κ3) is 4.81.